The summed E-state index contributed by atoms with van der Waals surface area (Å²) in [4.78, 5) is 7.84. The first-order valence-corrected chi connectivity index (χ1v) is 8.17. The van der Waals surface area contributed by atoms with Crippen molar-refractivity contribution < 1.29 is 0 Å². The Balaban J connectivity index is 2.00. The summed E-state index contributed by atoms with van der Waals surface area (Å²) in [6.07, 6.45) is 1.88. The van der Waals surface area contributed by atoms with Crippen LogP contribution in [0.1, 0.15) is 47.8 Å². The molecule has 3 heteroatoms. The predicted octanol–water partition coefficient (Wildman–Crippen LogP) is 5.37. The molecule has 120 valence electrons. The predicted molar refractivity (Wildman–Crippen MR) is 99.6 cm³/mol. The van der Waals surface area contributed by atoms with Crippen LogP contribution in [0.3, 0.4) is 0 Å². The highest BCUT2D eigenvalue weighted by atomic mass is 14.9. The molecular weight excluding hydrogens is 294 g/mol. The van der Waals surface area contributed by atoms with Crippen LogP contribution in [-0.2, 0) is 0 Å². The van der Waals surface area contributed by atoms with Crippen LogP contribution in [0.15, 0.2) is 36.4 Å². The molecule has 0 aliphatic rings. The number of benzene rings is 2. The number of nitriles is 1. The highest BCUT2D eigenvalue weighted by Gasteiger charge is 2.09. The third-order valence-electron chi connectivity index (χ3n) is 4.39. The van der Waals surface area contributed by atoms with E-state index in [-0.39, 0.29) is 0 Å². The number of allylic oxidation sites excluding steroid dienone is 1. The van der Waals surface area contributed by atoms with Crippen LogP contribution < -0.4 is 0 Å². The maximum absolute atomic E-state index is 9.54. The van der Waals surface area contributed by atoms with Gasteiger partial charge < -0.3 is 4.98 Å². The van der Waals surface area contributed by atoms with E-state index in [1.165, 1.54) is 16.7 Å². The van der Waals surface area contributed by atoms with E-state index in [4.69, 9.17) is 0 Å². The number of aryl methyl sites for hydroxylation is 2. The van der Waals surface area contributed by atoms with Gasteiger partial charge in [-0.25, -0.2) is 4.98 Å². The molecule has 1 N–H and O–H groups in total. The molecule has 24 heavy (non-hydrogen) atoms. The molecule has 0 atom stereocenters. The lowest BCUT2D eigenvalue weighted by Crippen LogP contribution is -1.88. The molecule has 1 heterocycles. The smallest absolute Gasteiger partial charge is 0.149 e. The summed E-state index contributed by atoms with van der Waals surface area (Å²) >= 11 is 0. The van der Waals surface area contributed by atoms with Gasteiger partial charge in [0.05, 0.1) is 16.6 Å². The van der Waals surface area contributed by atoms with E-state index in [0.717, 1.165) is 16.6 Å². The van der Waals surface area contributed by atoms with Crippen molar-refractivity contribution in [3.63, 3.8) is 0 Å². The van der Waals surface area contributed by atoms with Gasteiger partial charge in [-0.05, 0) is 60.2 Å². The van der Waals surface area contributed by atoms with Gasteiger partial charge in [-0.2, -0.15) is 5.26 Å². The molecule has 1 aromatic heterocycles. The third kappa shape index (κ3) is 3.09. The fourth-order valence-electron chi connectivity index (χ4n) is 2.69. The molecular formula is C21H21N3. The van der Waals surface area contributed by atoms with Gasteiger partial charge in [0.2, 0.25) is 0 Å². The minimum Gasteiger partial charge on any atom is -0.337 e. The van der Waals surface area contributed by atoms with Crippen LogP contribution in [0.25, 0.3) is 22.7 Å². The van der Waals surface area contributed by atoms with Gasteiger partial charge in [-0.15, -0.1) is 0 Å². The average Bonchev–Trinajstić information content (AvgIpc) is 2.96. The van der Waals surface area contributed by atoms with E-state index >= 15 is 0 Å². The minimum atomic E-state index is 0.500. The molecule has 0 fully saturated rings. The molecule has 3 nitrogen and oxygen atoms in total. The topological polar surface area (TPSA) is 52.5 Å². The Morgan fingerprint density at radius 2 is 1.79 bits per heavy atom. The molecule has 0 bridgehead atoms. The summed E-state index contributed by atoms with van der Waals surface area (Å²) in [5, 5.41) is 9.54. The van der Waals surface area contributed by atoms with Crippen LogP contribution in [-0.4, -0.2) is 9.97 Å². The quantitative estimate of drug-likeness (QED) is 0.661. The van der Waals surface area contributed by atoms with Gasteiger partial charge in [0.15, 0.2) is 0 Å². The number of H-pyrrole nitrogens is 1. The second kappa shape index (κ2) is 6.33. The first-order valence-electron chi connectivity index (χ1n) is 8.17. The van der Waals surface area contributed by atoms with Crippen LogP contribution in [0.2, 0.25) is 0 Å². The summed E-state index contributed by atoms with van der Waals surface area (Å²) in [5.41, 5.74) is 7.11. The lowest BCUT2D eigenvalue weighted by molar-refractivity contribution is 0.866. The van der Waals surface area contributed by atoms with Crippen molar-refractivity contribution in [3.05, 3.63) is 64.5 Å². The summed E-state index contributed by atoms with van der Waals surface area (Å²) < 4.78 is 0. The van der Waals surface area contributed by atoms with E-state index < -0.39 is 0 Å². The van der Waals surface area contributed by atoms with Crippen LogP contribution in [0.4, 0.5) is 0 Å². The fraction of sp³-hybridized carbons (Fsp3) is 0.238. The van der Waals surface area contributed by atoms with Gasteiger partial charge in [0.25, 0.3) is 0 Å². The second-order valence-electron chi connectivity index (χ2n) is 6.53. The first kappa shape index (κ1) is 16.0. The number of hydrogen-bond donors (Lipinski definition) is 1. The van der Waals surface area contributed by atoms with Crippen LogP contribution in [0.5, 0.6) is 0 Å². The van der Waals surface area contributed by atoms with Crippen LogP contribution in [0, 0.1) is 25.2 Å². The largest absolute Gasteiger partial charge is 0.337 e. The van der Waals surface area contributed by atoms with E-state index in [9.17, 15) is 5.26 Å². The molecule has 0 saturated heterocycles. The molecule has 0 aliphatic heterocycles. The zero-order chi connectivity index (χ0) is 17.3. The minimum absolute atomic E-state index is 0.500. The normalized spacial score (nSPS) is 11.9. The number of nitrogens with one attached hydrogen (secondary N) is 1. The summed E-state index contributed by atoms with van der Waals surface area (Å²) in [5.74, 6) is 1.12. The summed E-state index contributed by atoms with van der Waals surface area (Å²) in [7, 11) is 0. The van der Waals surface area contributed by atoms with Gasteiger partial charge in [0, 0.05) is 0 Å². The standard InChI is InChI=1S/C21H21N3/c1-13(2)17-7-5-16(6-8-17)11-18(12-22)21-23-19-9-14(3)15(4)10-20(19)24-21/h5-11,13H,1-4H3,(H,23,24)/b18-11+. The number of rotatable bonds is 3. The maximum Gasteiger partial charge on any atom is 0.149 e. The highest BCUT2D eigenvalue weighted by Crippen LogP contribution is 2.22. The van der Waals surface area contributed by atoms with Gasteiger partial charge >= 0.3 is 0 Å². The number of aromatic nitrogens is 2. The lowest BCUT2D eigenvalue weighted by Gasteiger charge is -2.04. The SMILES string of the molecule is Cc1cc2nc(/C(C#N)=C/c3ccc(C(C)C)cc3)[nH]c2cc1C. The Hall–Kier alpha value is -2.86. The fourth-order valence-corrected chi connectivity index (χ4v) is 2.69. The van der Waals surface area contributed by atoms with Gasteiger partial charge in [0.1, 0.15) is 11.9 Å². The van der Waals surface area contributed by atoms with Crippen molar-refractivity contribution in [2.45, 2.75) is 33.6 Å². The van der Waals surface area contributed by atoms with E-state index in [0.29, 0.717) is 17.3 Å². The summed E-state index contributed by atoms with van der Waals surface area (Å²) in [6.45, 7) is 8.49. The third-order valence-corrected chi connectivity index (χ3v) is 4.39. The zero-order valence-electron chi connectivity index (χ0n) is 14.5. The molecule has 2 aromatic carbocycles. The number of nitrogens with zero attached hydrogens (tertiary/aromatic N) is 2. The maximum atomic E-state index is 9.54. The molecule has 0 unspecified atom stereocenters. The Bertz CT molecular complexity index is 912. The molecule has 0 spiro atoms. The van der Waals surface area contributed by atoms with Crippen molar-refractivity contribution in [2.75, 3.05) is 0 Å². The van der Waals surface area contributed by atoms with Crippen molar-refractivity contribution in [1.82, 2.24) is 9.97 Å². The monoisotopic (exact) mass is 315 g/mol. The molecule has 3 aromatic rings. The van der Waals surface area contributed by atoms with Gasteiger partial charge in [-0.1, -0.05) is 38.1 Å². The Morgan fingerprint density at radius 1 is 1.12 bits per heavy atom. The first-order chi connectivity index (χ1) is 11.5. The zero-order valence-corrected chi connectivity index (χ0v) is 14.5. The Labute approximate surface area is 142 Å². The Morgan fingerprint density at radius 3 is 2.42 bits per heavy atom. The van der Waals surface area contributed by atoms with E-state index in [2.05, 4.69) is 68.0 Å². The number of hydrogen-bond acceptors (Lipinski definition) is 2. The highest BCUT2D eigenvalue weighted by molar-refractivity contribution is 5.90. The number of imidazole rings is 1. The van der Waals surface area contributed by atoms with Crippen molar-refractivity contribution >= 4 is 22.7 Å². The Kier molecular flexibility index (Phi) is 4.22. The molecule has 0 amide bonds. The molecule has 3 rings (SSSR count). The molecule has 0 aliphatic carbocycles. The molecule has 0 radical (unpaired) electrons. The second-order valence-corrected chi connectivity index (χ2v) is 6.53. The van der Waals surface area contributed by atoms with Crippen molar-refractivity contribution in [1.29, 1.82) is 5.26 Å². The molecule has 0 saturated carbocycles. The van der Waals surface area contributed by atoms with Gasteiger partial charge in [-0.3, -0.25) is 0 Å². The number of aromatic amines is 1. The van der Waals surface area contributed by atoms with E-state index in [1.807, 2.05) is 18.2 Å². The van der Waals surface area contributed by atoms with Crippen molar-refractivity contribution in [2.24, 2.45) is 0 Å². The summed E-state index contributed by atoms with van der Waals surface area (Å²) in [6, 6.07) is 14.7. The lowest BCUT2D eigenvalue weighted by atomic mass is 10.0. The van der Waals surface area contributed by atoms with Crippen molar-refractivity contribution in [3.8, 4) is 6.07 Å². The average molecular weight is 315 g/mol. The van der Waals surface area contributed by atoms with E-state index in [1.54, 1.807) is 0 Å². The van der Waals surface area contributed by atoms with Crippen LogP contribution >= 0.6 is 0 Å². The number of fused-ring (bicyclic) bond motifs is 1.